The second kappa shape index (κ2) is 11.9. The van der Waals surface area contributed by atoms with Gasteiger partial charge in [0.2, 0.25) is 0 Å². The Bertz CT molecular complexity index is 139. The van der Waals surface area contributed by atoms with E-state index in [9.17, 15) is 0 Å². The molecule has 0 heterocycles. The van der Waals surface area contributed by atoms with Gasteiger partial charge in [0.25, 0.3) is 0 Å². The first kappa shape index (κ1) is 15.4. The lowest BCUT2D eigenvalue weighted by atomic mass is 10.3. The summed E-state index contributed by atoms with van der Waals surface area (Å²) in [5.74, 6) is 0. The van der Waals surface area contributed by atoms with Crippen molar-refractivity contribution in [1.82, 2.24) is 0 Å². The van der Waals surface area contributed by atoms with Crippen LogP contribution in [0.15, 0.2) is 50.6 Å². The molecule has 0 bridgehead atoms. The normalized spacial score (nSPS) is 8.86. The highest BCUT2D eigenvalue weighted by Crippen LogP contribution is 2.02. The van der Waals surface area contributed by atoms with E-state index in [-0.39, 0.29) is 18.8 Å². The van der Waals surface area contributed by atoms with Crippen molar-refractivity contribution in [2.75, 3.05) is 6.61 Å². The van der Waals surface area contributed by atoms with Crippen molar-refractivity contribution >= 4 is 0 Å². The minimum Gasteiger partial charge on any atom is -0.397 e. The summed E-state index contributed by atoms with van der Waals surface area (Å²) in [7, 11) is 0. The van der Waals surface area contributed by atoms with Crippen LogP contribution in [0.25, 0.3) is 0 Å². The monoisotopic (exact) mass is 196 g/mol. The summed E-state index contributed by atoms with van der Waals surface area (Å²) >= 11 is 0. The molecule has 0 atom stereocenters. The van der Waals surface area contributed by atoms with Crippen molar-refractivity contribution in [3.05, 3.63) is 50.6 Å². The van der Waals surface area contributed by atoms with Crippen molar-refractivity contribution in [3.63, 3.8) is 0 Å². The summed E-state index contributed by atoms with van der Waals surface area (Å²) in [5, 5.41) is 7.57. The molecule has 0 fully saturated rings. The molecule has 0 amide bonds. The van der Waals surface area contributed by atoms with Crippen molar-refractivity contribution in [2.45, 2.75) is 19.1 Å². The molecule has 14 heavy (non-hydrogen) atoms. The van der Waals surface area contributed by atoms with Crippen LogP contribution in [0.5, 0.6) is 0 Å². The summed E-state index contributed by atoms with van der Waals surface area (Å²) in [6, 6.07) is 0. The Kier molecular flexibility index (Phi) is 13.0. The van der Waals surface area contributed by atoms with Crippen LogP contribution < -0.4 is 0 Å². The van der Waals surface area contributed by atoms with Gasteiger partial charge in [0.15, 0.2) is 0 Å². The fraction of sp³-hybridized carbons (Fsp3) is 0.333. The molecule has 0 saturated heterocycles. The van der Waals surface area contributed by atoms with Crippen LogP contribution in [-0.2, 0) is 4.74 Å². The molecule has 0 aliphatic carbocycles. The third kappa shape index (κ3) is 8.97. The van der Waals surface area contributed by atoms with E-state index in [0.29, 0.717) is 0 Å². The zero-order valence-electron chi connectivity index (χ0n) is 8.86. The number of ether oxygens (including phenoxy) is 1. The number of hydrogen-bond donors (Lipinski definition) is 1. The molecule has 0 radical (unpaired) electrons. The van der Waals surface area contributed by atoms with Gasteiger partial charge in [-0.15, -0.1) is 26.3 Å². The number of aliphatic hydroxyl groups excluding tert-OH is 1. The molecule has 1 N–H and O–H groups in total. The lowest BCUT2D eigenvalue weighted by Gasteiger charge is -2.13. The molecule has 0 aliphatic rings. The zero-order chi connectivity index (χ0) is 11.4. The molecule has 0 aromatic rings. The molecule has 0 rings (SSSR count). The molecule has 0 spiro atoms. The average molecular weight is 196 g/mol. The highest BCUT2D eigenvalue weighted by atomic mass is 16.5. The lowest BCUT2D eigenvalue weighted by Crippen LogP contribution is -2.14. The summed E-state index contributed by atoms with van der Waals surface area (Å²) in [6.45, 7) is 16.3. The number of aliphatic hydroxyl groups is 1. The highest BCUT2D eigenvalue weighted by Gasteiger charge is 2.03. The van der Waals surface area contributed by atoms with Crippen molar-refractivity contribution in [1.29, 1.82) is 0 Å². The van der Waals surface area contributed by atoms with Crippen molar-refractivity contribution in [2.24, 2.45) is 0 Å². The van der Waals surface area contributed by atoms with Gasteiger partial charge in [-0.05, 0) is 6.92 Å². The van der Waals surface area contributed by atoms with E-state index in [1.165, 1.54) is 0 Å². The van der Waals surface area contributed by atoms with E-state index in [2.05, 4.69) is 26.3 Å². The minimum atomic E-state index is -0.129. The van der Waals surface area contributed by atoms with E-state index < -0.39 is 0 Å². The smallest absolute Gasteiger partial charge is 0.0944 e. The van der Waals surface area contributed by atoms with Crippen LogP contribution in [-0.4, -0.2) is 23.9 Å². The Morgan fingerprint density at radius 1 is 1.00 bits per heavy atom. The predicted molar refractivity (Wildman–Crippen MR) is 62.2 cm³/mol. The first-order chi connectivity index (χ1) is 6.69. The quantitative estimate of drug-likeness (QED) is 0.661. The topological polar surface area (TPSA) is 29.5 Å². The Morgan fingerprint density at radius 2 is 1.21 bits per heavy atom. The fourth-order valence-electron chi connectivity index (χ4n) is 0.596. The fourth-order valence-corrected chi connectivity index (χ4v) is 0.596. The van der Waals surface area contributed by atoms with E-state index in [4.69, 9.17) is 9.84 Å². The molecule has 0 aliphatic heterocycles. The van der Waals surface area contributed by atoms with E-state index in [0.717, 1.165) is 0 Å². The van der Waals surface area contributed by atoms with Gasteiger partial charge in [-0.3, -0.25) is 0 Å². The highest BCUT2D eigenvalue weighted by molar-refractivity contribution is 5.00. The van der Waals surface area contributed by atoms with Crippen LogP contribution >= 0.6 is 0 Å². The first-order valence-electron chi connectivity index (χ1n) is 4.46. The van der Waals surface area contributed by atoms with E-state index in [1.807, 2.05) is 0 Å². The molecule has 2 heteroatoms. The molecule has 0 unspecified atom stereocenters. The third-order valence-electron chi connectivity index (χ3n) is 1.24. The van der Waals surface area contributed by atoms with Gasteiger partial charge in [-0.25, -0.2) is 0 Å². The summed E-state index contributed by atoms with van der Waals surface area (Å²) in [4.78, 5) is 0. The lowest BCUT2D eigenvalue weighted by molar-refractivity contribution is 0.0972. The summed E-state index contributed by atoms with van der Waals surface area (Å²) in [6.07, 6.45) is 6.44. The van der Waals surface area contributed by atoms with Crippen LogP contribution in [0.1, 0.15) is 6.92 Å². The van der Waals surface area contributed by atoms with Crippen LogP contribution in [0.3, 0.4) is 0 Å². The second-order valence-electron chi connectivity index (χ2n) is 2.32. The molecule has 80 valence electrons. The van der Waals surface area contributed by atoms with Gasteiger partial charge in [0.05, 0.1) is 12.2 Å². The molecule has 0 aromatic carbocycles. The van der Waals surface area contributed by atoms with Gasteiger partial charge in [-0.1, -0.05) is 24.3 Å². The molecule has 0 saturated carbocycles. The van der Waals surface area contributed by atoms with Crippen LogP contribution in [0, 0.1) is 0 Å². The largest absolute Gasteiger partial charge is 0.397 e. The molecular weight excluding hydrogens is 176 g/mol. The molecular formula is C12H20O2. The van der Waals surface area contributed by atoms with Crippen molar-refractivity contribution < 1.29 is 9.84 Å². The van der Waals surface area contributed by atoms with E-state index in [1.54, 1.807) is 31.2 Å². The standard InChI is InChI=1S/C10H14O.C2H6O/c1-5-9(6-2)11-10(7-3)8-4;1-2-3/h5-10H,1-4H2;3H,2H2,1H3. The van der Waals surface area contributed by atoms with Gasteiger partial charge in [0, 0.05) is 6.61 Å². The maximum absolute atomic E-state index is 7.57. The number of hydrogen-bond acceptors (Lipinski definition) is 2. The molecule has 2 nitrogen and oxygen atoms in total. The Labute approximate surface area is 86.9 Å². The van der Waals surface area contributed by atoms with Gasteiger partial charge in [0.1, 0.15) is 0 Å². The average Bonchev–Trinajstić information content (AvgIpc) is 2.21. The maximum Gasteiger partial charge on any atom is 0.0944 e. The number of rotatable bonds is 6. The van der Waals surface area contributed by atoms with Crippen molar-refractivity contribution in [3.8, 4) is 0 Å². The van der Waals surface area contributed by atoms with Gasteiger partial charge >= 0.3 is 0 Å². The predicted octanol–water partition coefficient (Wildman–Crippen LogP) is 2.48. The van der Waals surface area contributed by atoms with E-state index >= 15 is 0 Å². The minimum absolute atomic E-state index is 0.129. The van der Waals surface area contributed by atoms with Crippen LogP contribution in [0.2, 0.25) is 0 Å². The zero-order valence-corrected chi connectivity index (χ0v) is 8.86. The maximum atomic E-state index is 7.57. The Balaban J connectivity index is 0. The second-order valence-corrected chi connectivity index (χ2v) is 2.32. The third-order valence-corrected chi connectivity index (χ3v) is 1.24. The van der Waals surface area contributed by atoms with Crippen LogP contribution in [0.4, 0.5) is 0 Å². The Hall–Kier alpha value is -1.12. The van der Waals surface area contributed by atoms with Gasteiger partial charge in [-0.2, -0.15) is 0 Å². The molecule has 0 aromatic heterocycles. The summed E-state index contributed by atoms with van der Waals surface area (Å²) in [5.41, 5.74) is 0. The SMILES string of the molecule is C=CC(C=C)OC(C=C)C=C.CCO. The Morgan fingerprint density at radius 3 is 1.36 bits per heavy atom. The van der Waals surface area contributed by atoms with Gasteiger partial charge < -0.3 is 9.84 Å². The first-order valence-corrected chi connectivity index (χ1v) is 4.46. The summed E-state index contributed by atoms with van der Waals surface area (Å²) < 4.78 is 5.38.